The van der Waals surface area contributed by atoms with Gasteiger partial charge in [-0.2, -0.15) is 0 Å². The van der Waals surface area contributed by atoms with Gasteiger partial charge in [0.25, 0.3) is 0 Å². The first-order valence-corrected chi connectivity index (χ1v) is 7.38. The molecule has 0 saturated carbocycles. The van der Waals surface area contributed by atoms with Crippen molar-refractivity contribution in [2.45, 2.75) is 46.1 Å². The molecule has 1 N–H and O–H groups in total. The Morgan fingerprint density at radius 3 is 2.47 bits per heavy atom. The summed E-state index contributed by atoms with van der Waals surface area (Å²) in [5, 5.41) is 11.3. The molecule has 4 nitrogen and oxygen atoms in total. The number of benzene rings is 1. The van der Waals surface area contributed by atoms with Crippen LogP contribution in [0.2, 0.25) is 0 Å². The average Bonchev–Trinajstić information content (AvgIpc) is 2.92. The first-order chi connectivity index (χ1) is 9.36. The van der Waals surface area contributed by atoms with Crippen LogP contribution < -0.4 is 5.32 Å². The van der Waals surface area contributed by atoms with Crippen LogP contribution >= 0.6 is 0 Å². The van der Waals surface area contributed by atoms with Gasteiger partial charge in [-0.1, -0.05) is 44.0 Å². The molecule has 4 bridgehead atoms. The van der Waals surface area contributed by atoms with Gasteiger partial charge >= 0.3 is 0 Å². The molecule has 0 atom stereocenters. The van der Waals surface area contributed by atoms with Gasteiger partial charge in [0, 0.05) is 5.56 Å². The standard InChI is InChI=1S/C8H19N.C7H5N3/c1-3-5-7-9-8-6-4-2;1-2-5-4-10-6(3-1)7(5)8-9-10/h9H,3-8H2,1-2H3;1-3H,4H2. The molecule has 0 saturated heterocycles. The number of hydrogen-bond donors (Lipinski definition) is 1. The molecule has 1 aromatic carbocycles. The summed E-state index contributed by atoms with van der Waals surface area (Å²) in [4.78, 5) is 0. The highest BCUT2D eigenvalue weighted by atomic mass is 15.4. The second kappa shape index (κ2) is 7.24. The zero-order valence-corrected chi connectivity index (χ0v) is 12.0. The van der Waals surface area contributed by atoms with Crippen LogP contribution in [0.5, 0.6) is 0 Å². The van der Waals surface area contributed by atoms with Gasteiger partial charge in [-0.3, -0.25) is 0 Å². The van der Waals surface area contributed by atoms with E-state index in [1.165, 1.54) is 44.3 Å². The van der Waals surface area contributed by atoms with E-state index in [0.29, 0.717) is 0 Å². The quantitative estimate of drug-likeness (QED) is 0.693. The van der Waals surface area contributed by atoms with E-state index in [2.05, 4.69) is 35.5 Å². The number of rotatable bonds is 6. The Kier molecular flexibility index (Phi) is 5.33. The van der Waals surface area contributed by atoms with Crippen molar-refractivity contribution < 1.29 is 0 Å². The second-order valence-corrected chi connectivity index (χ2v) is 4.99. The highest BCUT2D eigenvalue weighted by Gasteiger charge is 2.15. The number of unbranched alkanes of at least 4 members (excludes halogenated alkanes) is 2. The van der Waals surface area contributed by atoms with Gasteiger partial charge in [-0.15, -0.1) is 5.10 Å². The van der Waals surface area contributed by atoms with E-state index in [9.17, 15) is 0 Å². The van der Waals surface area contributed by atoms with Crippen molar-refractivity contribution >= 4 is 11.0 Å². The smallest absolute Gasteiger partial charge is 0.118 e. The van der Waals surface area contributed by atoms with Crippen molar-refractivity contribution in [1.82, 2.24) is 20.3 Å². The lowest BCUT2D eigenvalue weighted by Crippen LogP contribution is -2.15. The summed E-state index contributed by atoms with van der Waals surface area (Å²) in [6.07, 6.45) is 5.26. The van der Waals surface area contributed by atoms with E-state index in [1.54, 1.807) is 0 Å². The van der Waals surface area contributed by atoms with Crippen molar-refractivity contribution in [3.63, 3.8) is 0 Å². The zero-order chi connectivity index (χ0) is 13.5. The molecule has 1 aromatic heterocycles. The van der Waals surface area contributed by atoms with Crippen molar-refractivity contribution in [2.75, 3.05) is 13.1 Å². The molecule has 19 heavy (non-hydrogen) atoms. The molecule has 1 aliphatic rings. The first-order valence-electron chi connectivity index (χ1n) is 7.38. The summed E-state index contributed by atoms with van der Waals surface area (Å²) in [7, 11) is 0. The predicted molar refractivity (Wildman–Crippen MR) is 79.3 cm³/mol. The summed E-state index contributed by atoms with van der Waals surface area (Å²) in [6.45, 7) is 7.77. The van der Waals surface area contributed by atoms with Gasteiger partial charge in [0.1, 0.15) is 5.52 Å². The average molecular weight is 260 g/mol. The molecule has 0 aliphatic carbocycles. The molecular formula is C15H24N4. The Morgan fingerprint density at radius 1 is 1.16 bits per heavy atom. The van der Waals surface area contributed by atoms with E-state index in [-0.39, 0.29) is 0 Å². The monoisotopic (exact) mass is 260 g/mol. The normalized spacial score (nSPS) is 11.9. The molecule has 0 radical (unpaired) electrons. The Bertz CT molecular complexity index is 498. The fraction of sp³-hybridized carbons (Fsp3) is 0.600. The van der Waals surface area contributed by atoms with Crippen molar-refractivity contribution in [3.05, 3.63) is 23.8 Å². The Labute approximate surface area is 115 Å². The minimum absolute atomic E-state index is 0.918. The van der Waals surface area contributed by atoms with Crippen molar-refractivity contribution in [1.29, 1.82) is 0 Å². The third-order valence-corrected chi connectivity index (χ3v) is 3.36. The summed E-state index contributed by atoms with van der Waals surface area (Å²) >= 11 is 0. The summed E-state index contributed by atoms with van der Waals surface area (Å²) < 4.78 is 1.92. The second-order valence-electron chi connectivity index (χ2n) is 4.99. The van der Waals surface area contributed by atoms with Gasteiger partial charge in [0.15, 0.2) is 0 Å². The summed E-state index contributed by atoms with van der Waals surface area (Å²) in [6, 6.07) is 6.19. The molecule has 3 rings (SSSR count). The third kappa shape index (κ3) is 3.53. The van der Waals surface area contributed by atoms with Gasteiger partial charge in [-0.05, 0) is 32.0 Å². The number of aromatic nitrogens is 3. The van der Waals surface area contributed by atoms with Gasteiger partial charge in [0.05, 0.1) is 12.1 Å². The maximum absolute atomic E-state index is 4.00. The van der Waals surface area contributed by atoms with Crippen LogP contribution in [0.1, 0.15) is 45.1 Å². The van der Waals surface area contributed by atoms with E-state index in [0.717, 1.165) is 17.6 Å². The SMILES string of the molecule is CCCCNCCCC.c1cc2c3nnn(c3c1)C2. The van der Waals surface area contributed by atoms with Crippen LogP contribution in [-0.2, 0) is 6.54 Å². The maximum atomic E-state index is 4.00. The first kappa shape index (κ1) is 14.0. The molecule has 104 valence electrons. The largest absolute Gasteiger partial charge is 0.317 e. The number of nitrogens with one attached hydrogen (secondary N) is 1. The molecule has 0 spiro atoms. The van der Waals surface area contributed by atoms with E-state index >= 15 is 0 Å². The lowest BCUT2D eigenvalue weighted by Gasteiger charge is -1.99. The van der Waals surface area contributed by atoms with E-state index < -0.39 is 0 Å². The Morgan fingerprint density at radius 2 is 1.89 bits per heavy atom. The minimum Gasteiger partial charge on any atom is -0.317 e. The fourth-order valence-corrected chi connectivity index (χ4v) is 2.18. The van der Waals surface area contributed by atoms with Gasteiger partial charge < -0.3 is 5.32 Å². The van der Waals surface area contributed by atoms with E-state index in [1.807, 2.05) is 16.8 Å². The molecule has 0 amide bonds. The van der Waals surface area contributed by atoms with E-state index in [4.69, 9.17) is 0 Å². The Hall–Kier alpha value is -1.42. The number of nitrogens with zero attached hydrogens (tertiary/aromatic N) is 3. The summed E-state index contributed by atoms with van der Waals surface area (Å²) in [5.41, 5.74) is 3.53. The fourth-order valence-electron chi connectivity index (χ4n) is 2.18. The van der Waals surface area contributed by atoms with Gasteiger partial charge in [-0.25, -0.2) is 4.68 Å². The lowest BCUT2D eigenvalue weighted by atomic mass is 10.2. The molecule has 0 fully saturated rings. The zero-order valence-electron chi connectivity index (χ0n) is 12.0. The lowest BCUT2D eigenvalue weighted by molar-refractivity contribution is 0.611. The molecule has 2 aromatic rings. The van der Waals surface area contributed by atoms with Crippen LogP contribution in [0.3, 0.4) is 0 Å². The molecule has 2 heterocycles. The third-order valence-electron chi connectivity index (χ3n) is 3.36. The Balaban J connectivity index is 0.000000142. The summed E-state index contributed by atoms with van der Waals surface area (Å²) in [5.74, 6) is 0. The van der Waals surface area contributed by atoms with Crippen LogP contribution in [0.25, 0.3) is 11.0 Å². The van der Waals surface area contributed by atoms with Crippen molar-refractivity contribution in [2.24, 2.45) is 0 Å². The highest BCUT2D eigenvalue weighted by Crippen LogP contribution is 2.23. The topological polar surface area (TPSA) is 42.7 Å². The number of hydrogen-bond acceptors (Lipinski definition) is 3. The highest BCUT2D eigenvalue weighted by molar-refractivity contribution is 5.81. The predicted octanol–water partition coefficient (Wildman–Crippen LogP) is 2.97. The molecular weight excluding hydrogens is 236 g/mol. The van der Waals surface area contributed by atoms with Crippen LogP contribution in [0.15, 0.2) is 18.2 Å². The van der Waals surface area contributed by atoms with Gasteiger partial charge in [0.2, 0.25) is 0 Å². The van der Waals surface area contributed by atoms with Crippen LogP contribution in [-0.4, -0.2) is 28.1 Å². The minimum atomic E-state index is 0.918. The van der Waals surface area contributed by atoms with Crippen LogP contribution in [0.4, 0.5) is 0 Å². The van der Waals surface area contributed by atoms with Crippen molar-refractivity contribution in [3.8, 4) is 0 Å². The molecule has 4 heteroatoms. The van der Waals surface area contributed by atoms with Crippen LogP contribution in [0, 0.1) is 0 Å². The molecule has 1 aliphatic heterocycles. The molecule has 0 unspecified atom stereocenters. The maximum Gasteiger partial charge on any atom is 0.118 e.